The van der Waals surface area contributed by atoms with Crippen molar-refractivity contribution in [3.63, 3.8) is 0 Å². The van der Waals surface area contributed by atoms with E-state index in [2.05, 4.69) is 21.2 Å². The lowest BCUT2D eigenvalue weighted by atomic mass is 10.1. The molecule has 92 valence electrons. The number of rotatable bonds is 2. The van der Waals surface area contributed by atoms with Crippen molar-refractivity contribution < 1.29 is 9.90 Å². The fourth-order valence-electron chi connectivity index (χ4n) is 1.48. The molecule has 0 fully saturated rings. The maximum atomic E-state index is 11.9. The lowest BCUT2D eigenvalue weighted by molar-refractivity contribution is 0.102. The first-order valence-electron chi connectivity index (χ1n) is 5.22. The average Bonchev–Trinajstić information content (AvgIpc) is 2.35. The van der Waals surface area contributed by atoms with Gasteiger partial charge in [-0.2, -0.15) is 0 Å². The molecule has 0 saturated heterocycles. The number of nitrogen functional groups attached to an aromatic ring is 1. The molecule has 0 unspecified atom stereocenters. The van der Waals surface area contributed by atoms with Crippen LogP contribution < -0.4 is 11.1 Å². The molecule has 0 spiro atoms. The zero-order valence-electron chi connectivity index (χ0n) is 9.35. The summed E-state index contributed by atoms with van der Waals surface area (Å²) in [6.45, 7) is 0. The van der Waals surface area contributed by atoms with Crippen molar-refractivity contribution in [2.75, 3.05) is 11.1 Å². The van der Waals surface area contributed by atoms with Gasteiger partial charge in [0, 0.05) is 10.2 Å². The van der Waals surface area contributed by atoms with E-state index >= 15 is 0 Å². The molecule has 0 radical (unpaired) electrons. The van der Waals surface area contributed by atoms with Gasteiger partial charge in [0.15, 0.2) is 5.75 Å². The molecule has 1 amide bonds. The van der Waals surface area contributed by atoms with Crippen LogP contribution >= 0.6 is 15.9 Å². The van der Waals surface area contributed by atoms with Crippen molar-refractivity contribution >= 4 is 33.2 Å². The molecular formula is C13H11BrN2O2. The van der Waals surface area contributed by atoms with E-state index in [-0.39, 0.29) is 17.0 Å². The SMILES string of the molecule is Nc1cccc(C(=O)Nc2ccc(Br)cc2)c1O. The van der Waals surface area contributed by atoms with Gasteiger partial charge < -0.3 is 16.2 Å². The molecule has 0 aliphatic carbocycles. The highest BCUT2D eigenvalue weighted by Crippen LogP contribution is 2.25. The van der Waals surface area contributed by atoms with Crippen LogP contribution in [0.3, 0.4) is 0 Å². The second-order valence-electron chi connectivity index (χ2n) is 3.70. The second kappa shape index (κ2) is 5.10. The van der Waals surface area contributed by atoms with Crippen molar-refractivity contribution in [2.24, 2.45) is 0 Å². The largest absolute Gasteiger partial charge is 0.505 e. The minimum Gasteiger partial charge on any atom is -0.505 e. The van der Waals surface area contributed by atoms with Crippen LogP contribution in [0.2, 0.25) is 0 Å². The van der Waals surface area contributed by atoms with E-state index in [9.17, 15) is 9.90 Å². The third kappa shape index (κ3) is 2.62. The lowest BCUT2D eigenvalue weighted by Gasteiger charge is -2.08. The third-order valence-electron chi connectivity index (χ3n) is 2.41. The molecule has 0 saturated carbocycles. The van der Waals surface area contributed by atoms with Gasteiger partial charge in [0.25, 0.3) is 5.91 Å². The van der Waals surface area contributed by atoms with Crippen LogP contribution in [-0.4, -0.2) is 11.0 Å². The summed E-state index contributed by atoms with van der Waals surface area (Å²) in [6, 6.07) is 11.8. The Morgan fingerprint density at radius 2 is 1.83 bits per heavy atom. The maximum absolute atomic E-state index is 11.9. The molecule has 18 heavy (non-hydrogen) atoms. The minimum atomic E-state index is -0.401. The number of anilines is 2. The molecule has 4 N–H and O–H groups in total. The van der Waals surface area contributed by atoms with E-state index in [0.29, 0.717) is 5.69 Å². The Hall–Kier alpha value is -2.01. The number of nitrogens with one attached hydrogen (secondary N) is 1. The quantitative estimate of drug-likeness (QED) is 0.590. The number of halogens is 1. The molecule has 5 heteroatoms. The van der Waals surface area contributed by atoms with Gasteiger partial charge in [-0.05, 0) is 36.4 Å². The number of benzene rings is 2. The second-order valence-corrected chi connectivity index (χ2v) is 4.62. The summed E-state index contributed by atoms with van der Waals surface area (Å²) in [5.41, 5.74) is 6.51. The normalized spacial score (nSPS) is 10.1. The van der Waals surface area contributed by atoms with Gasteiger partial charge in [-0.25, -0.2) is 0 Å². The summed E-state index contributed by atoms with van der Waals surface area (Å²) in [6.07, 6.45) is 0. The first-order chi connectivity index (χ1) is 8.58. The van der Waals surface area contributed by atoms with Crippen LogP contribution in [0, 0.1) is 0 Å². The van der Waals surface area contributed by atoms with E-state index in [4.69, 9.17) is 5.73 Å². The van der Waals surface area contributed by atoms with Crippen LogP contribution in [0.15, 0.2) is 46.9 Å². The van der Waals surface area contributed by atoms with E-state index in [1.54, 1.807) is 18.2 Å². The Kier molecular flexibility index (Phi) is 3.53. The van der Waals surface area contributed by atoms with Crippen LogP contribution in [-0.2, 0) is 0 Å². The summed E-state index contributed by atoms with van der Waals surface area (Å²) in [5, 5.41) is 12.4. The number of para-hydroxylation sites is 1. The van der Waals surface area contributed by atoms with Crippen LogP contribution in [0.1, 0.15) is 10.4 Å². The van der Waals surface area contributed by atoms with Crippen molar-refractivity contribution in [1.29, 1.82) is 0 Å². The number of nitrogens with two attached hydrogens (primary N) is 1. The summed E-state index contributed by atoms with van der Waals surface area (Å²) in [5.74, 6) is -0.603. The number of hydrogen-bond donors (Lipinski definition) is 3. The first kappa shape index (κ1) is 12.4. The van der Waals surface area contributed by atoms with E-state index in [1.165, 1.54) is 12.1 Å². The predicted molar refractivity (Wildman–Crippen MR) is 74.6 cm³/mol. The van der Waals surface area contributed by atoms with Crippen molar-refractivity contribution in [1.82, 2.24) is 0 Å². The summed E-state index contributed by atoms with van der Waals surface area (Å²) in [4.78, 5) is 11.9. The number of hydrogen-bond acceptors (Lipinski definition) is 3. The van der Waals surface area contributed by atoms with Crippen LogP contribution in [0.4, 0.5) is 11.4 Å². The van der Waals surface area contributed by atoms with Crippen molar-refractivity contribution in [2.45, 2.75) is 0 Å². The standard InChI is InChI=1S/C13H11BrN2O2/c14-8-4-6-9(7-5-8)16-13(18)10-2-1-3-11(15)12(10)17/h1-7,17H,15H2,(H,16,18). The van der Waals surface area contributed by atoms with Gasteiger partial charge in [-0.1, -0.05) is 22.0 Å². The highest BCUT2D eigenvalue weighted by molar-refractivity contribution is 9.10. The number of phenolic OH excluding ortho intramolecular Hbond substituents is 1. The fraction of sp³-hybridized carbons (Fsp3) is 0. The van der Waals surface area contributed by atoms with Crippen molar-refractivity contribution in [3.8, 4) is 5.75 Å². The van der Waals surface area contributed by atoms with Gasteiger partial charge in [0.05, 0.1) is 11.3 Å². The number of phenols is 1. The van der Waals surface area contributed by atoms with Crippen LogP contribution in [0.5, 0.6) is 5.75 Å². The van der Waals surface area contributed by atoms with E-state index in [1.807, 2.05) is 12.1 Å². The molecule has 0 heterocycles. The predicted octanol–water partition coefficient (Wildman–Crippen LogP) is 2.99. The monoisotopic (exact) mass is 306 g/mol. The molecule has 0 aliphatic rings. The Labute approximate surface area is 113 Å². The zero-order chi connectivity index (χ0) is 13.1. The molecule has 0 bridgehead atoms. The highest BCUT2D eigenvalue weighted by atomic mass is 79.9. The van der Waals surface area contributed by atoms with Gasteiger partial charge in [-0.3, -0.25) is 4.79 Å². The molecule has 0 atom stereocenters. The van der Waals surface area contributed by atoms with E-state index in [0.717, 1.165) is 4.47 Å². The van der Waals surface area contributed by atoms with Gasteiger partial charge in [0.2, 0.25) is 0 Å². The zero-order valence-corrected chi connectivity index (χ0v) is 10.9. The summed E-state index contributed by atoms with van der Waals surface area (Å²) in [7, 11) is 0. The number of amides is 1. The Morgan fingerprint density at radius 3 is 2.50 bits per heavy atom. The number of carbonyl (C=O) groups excluding carboxylic acids is 1. The van der Waals surface area contributed by atoms with Crippen molar-refractivity contribution in [3.05, 3.63) is 52.5 Å². The average molecular weight is 307 g/mol. The van der Waals surface area contributed by atoms with Gasteiger partial charge in [0.1, 0.15) is 0 Å². The Balaban J connectivity index is 2.22. The molecule has 0 aliphatic heterocycles. The molecule has 2 aromatic carbocycles. The Bertz CT molecular complexity index is 582. The number of aromatic hydroxyl groups is 1. The number of carbonyl (C=O) groups is 1. The lowest BCUT2D eigenvalue weighted by Crippen LogP contribution is -2.12. The summed E-state index contributed by atoms with van der Waals surface area (Å²) < 4.78 is 0.923. The Morgan fingerprint density at radius 1 is 1.17 bits per heavy atom. The molecule has 2 rings (SSSR count). The van der Waals surface area contributed by atoms with Gasteiger partial charge >= 0.3 is 0 Å². The third-order valence-corrected chi connectivity index (χ3v) is 2.94. The fourth-order valence-corrected chi connectivity index (χ4v) is 1.74. The summed E-state index contributed by atoms with van der Waals surface area (Å²) >= 11 is 3.31. The highest BCUT2D eigenvalue weighted by Gasteiger charge is 2.12. The minimum absolute atomic E-state index is 0.151. The van der Waals surface area contributed by atoms with E-state index < -0.39 is 5.91 Å². The van der Waals surface area contributed by atoms with Crippen LogP contribution in [0.25, 0.3) is 0 Å². The topological polar surface area (TPSA) is 75.4 Å². The maximum Gasteiger partial charge on any atom is 0.259 e. The van der Waals surface area contributed by atoms with Gasteiger partial charge in [-0.15, -0.1) is 0 Å². The smallest absolute Gasteiger partial charge is 0.259 e. The molecular weight excluding hydrogens is 296 g/mol. The molecule has 0 aromatic heterocycles. The molecule has 4 nitrogen and oxygen atoms in total. The first-order valence-corrected chi connectivity index (χ1v) is 6.01. The molecule has 2 aromatic rings.